The molecular weight excluding hydrogens is 558 g/mol. The smallest absolute Gasteiger partial charge is 0.264 e. The van der Waals surface area contributed by atoms with E-state index in [2.05, 4.69) is 5.32 Å². The average molecular weight is 596 g/mol. The lowest BCUT2D eigenvalue weighted by Gasteiger charge is -2.34. The van der Waals surface area contributed by atoms with Crippen LogP contribution in [0.4, 0.5) is 5.69 Å². The van der Waals surface area contributed by atoms with Crippen LogP contribution in [0.5, 0.6) is 0 Å². The maximum atomic E-state index is 14.2. The molecule has 7 nitrogen and oxygen atoms in total. The summed E-state index contributed by atoms with van der Waals surface area (Å²) >= 11 is 6.10. The Balaban J connectivity index is 1.72. The molecule has 1 fully saturated rings. The molecule has 1 unspecified atom stereocenters. The summed E-state index contributed by atoms with van der Waals surface area (Å²) in [7, 11) is -4.10. The lowest BCUT2D eigenvalue weighted by atomic mass is 10.1. The van der Waals surface area contributed by atoms with Gasteiger partial charge in [-0.15, -0.1) is 0 Å². The van der Waals surface area contributed by atoms with E-state index < -0.39 is 28.5 Å². The number of hydrogen-bond acceptors (Lipinski definition) is 4. The predicted molar refractivity (Wildman–Crippen MR) is 163 cm³/mol. The quantitative estimate of drug-likeness (QED) is 0.294. The molecule has 1 aliphatic carbocycles. The molecule has 1 aliphatic rings. The van der Waals surface area contributed by atoms with Crippen LogP contribution in [-0.2, 0) is 26.2 Å². The van der Waals surface area contributed by atoms with Gasteiger partial charge in [0, 0.05) is 17.6 Å². The summed E-state index contributed by atoms with van der Waals surface area (Å²) in [4.78, 5) is 29.3. The highest BCUT2D eigenvalue weighted by Crippen LogP contribution is 2.28. The van der Waals surface area contributed by atoms with Gasteiger partial charge >= 0.3 is 0 Å². The van der Waals surface area contributed by atoms with Crippen molar-refractivity contribution < 1.29 is 18.0 Å². The second-order valence-electron chi connectivity index (χ2n) is 10.7. The van der Waals surface area contributed by atoms with Gasteiger partial charge in [0.1, 0.15) is 12.6 Å². The van der Waals surface area contributed by atoms with Crippen molar-refractivity contribution in [3.63, 3.8) is 0 Å². The SMILES string of the molecule is CCC(C(=O)NC1CCCC1)N(Cc1ccc(Cl)cc1)C(=O)CN(c1ccccc1C)S(=O)(=O)c1ccc(C)cc1. The molecule has 2 amide bonds. The average Bonchev–Trinajstić information content (AvgIpc) is 3.46. The fraction of sp³-hybridized carbons (Fsp3) is 0.375. The number of hydrogen-bond donors (Lipinski definition) is 1. The molecule has 1 atom stereocenters. The number of sulfonamides is 1. The van der Waals surface area contributed by atoms with Crippen LogP contribution < -0.4 is 9.62 Å². The number of para-hydroxylation sites is 1. The molecule has 41 heavy (non-hydrogen) atoms. The Labute approximate surface area is 248 Å². The molecule has 0 spiro atoms. The number of nitrogens with zero attached hydrogens (tertiary/aromatic N) is 2. The zero-order chi connectivity index (χ0) is 29.6. The molecule has 9 heteroatoms. The number of rotatable bonds is 11. The molecule has 4 rings (SSSR count). The van der Waals surface area contributed by atoms with Gasteiger partial charge in [-0.05, 0) is 74.6 Å². The van der Waals surface area contributed by atoms with Crippen LogP contribution in [0.15, 0.2) is 77.7 Å². The molecule has 3 aromatic rings. The largest absolute Gasteiger partial charge is 0.352 e. The van der Waals surface area contributed by atoms with E-state index in [4.69, 9.17) is 11.6 Å². The Hall–Kier alpha value is -3.36. The van der Waals surface area contributed by atoms with Crippen LogP contribution in [0.3, 0.4) is 0 Å². The first kappa shape index (κ1) is 30.6. The van der Waals surface area contributed by atoms with Gasteiger partial charge in [0.25, 0.3) is 10.0 Å². The van der Waals surface area contributed by atoms with Crippen molar-refractivity contribution in [2.45, 2.75) is 76.4 Å². The van der Waals surface area contributed by atoms with Gasteiger partial charge < -0.3 is 10.2 Å². The van der Waals surface area contributed by atoms with Crippen molar-refractivity contribution in [2.75, 3.05) is 10.8 Å². The normalized spacial score (nSPS) is 14.4. The summed E-state index contributed by atoms with van der Waals surface area (Å²) in [6.45, 7) is 5.24. The van der Waals surface area contributed by atoms with Crippen LogP contribution in [-0.4, -0.2) is 43.8 Å². The Morgan fingerprint density at radius 3 is 2.20 bits per heavy atom. The zero-order valence-corrected chi connectivity index (χ0v) is 25.4. The van der Waals surface area contributed by atoms with Crippen molar-refractivity contribution in [3.8, 4) is 0 Å². The topological polar surface area (TPSA) is 86.8 Å². The van der Waals surface area contributed by atoms with Gasteiger partial charge in [0.05, 0.1) is 10.6 Å². The summed E-state index contributed by atoms with van der Waals surface area (Å²) in [6, 6.07) is 20.1. The maximum Gasteiger partial charge on any atom is 0.264 e. The Morgan fingerprint density at radius 2 is 1.59 bits per heavy atom. The number of amides is 2. The van der Waals surface area contributed by atoms with E-state index >= 15 is 0 Å². The number of benzene rings is 3. The monoisotopic (exact) mass is 595 g/mol. The van der Waals surface area contributed by atoms with E-state index in [1.165, 1.54) is 4.90 Å². The molecular formula is C32H38ClN3O4S. The Kier molecular flexibility index (Phi) is 10.1. The van der Waals surface area contributed by atoms with Crippen molar-refractivity contribution in [1.82, 2.24) is 10.2 Å². The van der Waals surface area contributed by atoms with Crippen molar-refractivity contribution in [3.05, 3.63) is 94.5 Å². The first-order chi connectivity index (χ1) is 19.6. The van der Waals surface area contributed by atoms with Gasteiger partial charge in [0.15, 0.2) is 0 Å². The van der Waals surface area contributed by atoms with Crippen LogP contribution in [0, 0.1) is 13.8 Å². The Bertz CT molecular complexity index is 1450. The maximum absolute atomic E-state index is 14.2. The van der Waals surface area contributed by atoms with E-state index in [9.17, 15) is 18.0 Å². The minimum atomic E-state index is -4.10. The van der Waals surface area contributed by atoms with Crippen LogP contribution in [0.2, 0.25) is 5.02 Å². The van der Waals surface area contributed by atoms with Gasteiger partial charge in [-0.25, -0.2) is 8.42 Å². The van der Waals surface area contributed by atoms with Gasteiger partial charge in [-0.2, -0.15) is 0 Å². The van der Waals surface area contributed by atoms with Gasteiger partial charge in [-0.1, -0.05) is 79.4 Å². The van der Waals surface area contributed by atoms with Gasteiger partial charge in [-0.3, -0.25) is 13.9 Å². The number of nitrogens with one attached hydrogen (secondary N) is 1. The lowest BCUT2D eigenvalue weighted by molar-refractivity contribution is -0.140. The minimum absolute atomic E-state index is 0.0921. The summed E-state index contributed by atoms with van der Waals surface area (Å²) < 4.78 is 29.2. The number of carbonyl (C=O) groups excluding carboxylic acids is 2. The highest BCUT2D eigenvalue weighted by atomic mass is 35.5. The molecule has 0 radical (unpaired) electrons. The second kappa shape index (κ2) is 13.5. The highest BCUT2D eigenvalue weighted by Gasteiger charge is 2.35. The second-order valence-corrected chi connectivity index (χ2v) is 13.0. The van der Waals surface area contributed by atoms with Crippen molar-refractivity contribution in [1.29, 1.82) is 0 Å². The summed E-state index contributed by atoms with van der Waals surface area (Å²) in [5, 5.41) is 3.69. The third-order valence-corrected chi connectivity index (χ3v) is 9.65. The van der Waals surface area contributed by atoms with E-state index in [1.807, 2.05) is 45.0 Å². The van der Waals surface area contributed by atoms with Crippen LogP contribution >= 0.6 is 11.6 Å². The Morgan fingerprint density at radius 1 is 0.951 bits per heavy atom. The van der Waals surface area contributed by atoms with Gasteiger partial charge in [0.2, 0.25) is 11.8 Å². The number of halogens is 1. The number of aryl methyl sites for hydroxylation is 2. The lowest BCUT2D eigenvalue weighted by Crippen LogP contribution is -2.53. The fourth-order valence-electron chi connectivity index (χ4n) is 5.27. The molecule has 0 saturated heterocycles. The van der Waals surface area contributed by atoms with Crippen molar-refractivity contribution in [2.24, 2.45) is 0 Å². The minimum Gasteiger partial charge on any atom is -0.352 e. The molecule has 1 N–H and O–H groups in total. The first-order valence-electron chi connectivity index (χ1n) is 14.1. The number of carbonyl (C=O) groups is 2. The van der Waals surface area contributed by atoms with E-state index in [1.54, 1.807) is 48.5 Å². The molecule has 3 aromatic carbocycles. The molecule has 1 saturated carbocycles. The third kappa shape index (κ3) is 7.49. The standard InChI is InChI=1S/C32H38ClN3O4S/c1-4-29(32(38)34-27-10-6-7-11-27)35(21-25-15-17-26(33)18-16-25)31(37)22-36(30-12-8-5-9-24(30)3)41(39,40)28-19-13-23(2)14-20-28/h5,8-9,12-20,27,29H,4,6-7,10-11,21-22H2,1-3H3,(H,34,38). The molecule has 0 aliphatic heterocycles. The van der Waals surface area contributed by atoms with Crippen LogP contribution in [0.1, 0.15) is 55.7 Å². The predicted octanol–water partition coefficient (Wildman–Crippen LogP) is 6.02. The first-order valence-corrected chi connectivity index (χ1v) is 15.9. The van der Waals surface area contributed by atoms with E-state index in [0.717, 1.165) is 41.1 Å². The van der Waals surface area contributed by atoms with Crippen molar-refractivity contribution >= 4 is 39.1 Å². The zero-order valence-electron chi connectivity index (χ0n) is 23.8. The summed E-state index contributed by atoms with van der Waals surface area (Å²) in [6.07, 6.45) is 4.36. The molecule has 0 bridgehead atoms. The third-order valence-electron chi connectivity index (χ3n) is 7.63. The van der Waals surface area contributed by atoms with E-state index in [-0.39, 0.29) is 23.4 Å². The highest BCUT2D eigenvalue weighted by molar-refractivity contribution is 7.92. The fourth-order valence-corrected chi connectivity index (χ4v) is 6.87. The van der Waals surface area contributed by atoms with Crippen LogP contribution in [0.25, 0.3) is 0 Å². The van der Waals surface area contributed by atoms with E-state index in [0.29, 0.717) is 22.7 Å². The summed E-state index contributed by atoms with van der Waals surface area (Å²) in [5.74, 6) is -0.683. The molecule has 0 heterocycles. The molecule has 0 aromatic heterocycles. The summed E-state index contributed by atoms with van der Waals surface area (Å²) in [5.41, 5.74) is 2.84. The number of anilines is 1. The molecule has 218 valence electrons.